The first-order valence-corrected chi connectivity index (χ1v) is 19.9. The summed E-state index contributed by atoms with van der Waals surface area (Å²) < 4.78 is 0. The van der Waals surface area contributed by atoms with E-state index in [1.54, 1.807) is 0 Å². The number of nitrogens with zero attached hydrogens (tertiary/aromatic N) is 6. The molecule has 0 saturated carbocycles. The van der Waals surface area contributed by atoms with E-state index in [2.05, 4.69) is 67.5 Å². The summed E-state index contributed by atoms with van der Waals surface area (Å²) in [6, 6.07) is 24.7. The Morgan fingerprint density at radius 3 is 2.39 bits per heavy atom. The molecule has 8 rings (SSSR count). The molecule has 2 amide bonds. The number of carbonyl (C=O) groups excluding carboxylic acids is 2. The number of carbonyl (C=O) groups is 2. The molecule has 5 aliphatic heterocycles. The predicted molar refractivity (Wildman–Crippen MR) is 213 cm³/mol. The van der Waals surface area contributed by atoms with E-state index < -0.39 is 6.23 Å². The Hall–Kier alpha value is -4.50. The van der Waals surface area contributed by atoms with Crippen LogP contribution in [0.1, 0.15) is 54.9 Å². The van der Waals surface area contributed by atoms with Gasteiger partial charge in [0.15, 0.2) is 0 Å². The minimum atomic E-state index is -0.880. The Balaban J connectivity index is 0.763. The number of likely N-dealkylation sites (tertiary alicyclic amines) is 1. The number of hydrogen-bond acceptors (Lipinski definition) is 9. The van der Waals surface area contributed by atoms with E-state index >= 15 is 0 Å². The summed E-state index contributed by atoms with van der Waals surface area (Å²) in [7, 11) is 0. The van der Waals surface area contributed by atoms with Crippen molar-refractivity contribution in [2.75, 3.05) is 85.5 Å². The smallest absolute Gasteiger partial charge is 0.253 e. The highest BCUT2D eigenvalue weighted by Crippen LogP contribution is 2.46. The van der Waals surface area contributed by atoms with Gasteiger partial charge in [-0.1, -0.05) is 17.7 Å². The third kappa shape index (κ3) is 7.70. The Bertz CT molecular complexity index is 1880. The summed E-state index contributed by atoms with van der Waals surface area (Å²) in [6.45, 7) is 11.8. The van der Waals surface area contributed by atoms with Crippen molar-refractivity contribution >= 4 is 46.2 Å². The van der Waals surface area contributed by atoms with Crippen molar-refractivity contribution in [3.05, 3.63) is 82.9 Å². The molecule has 284 valence electrons. The molecule has 5 heterocycles. The van der Waals surface area contributed by atoms with E-state index in [1.165, 1.54) is 5.69 Å². The van der Waals surface area contributed by atoms with Gasteiger partial charge in [0.2, 0.25) is 5.91 Å². The van der Waals surface area contributed by atoms with E-state index in [9.17, 15) is 20.0 Å². The molecule has 12 heteroatoms. The topological polar surface area (TPSA) is 118 Å². The average molecular weight is 751 g/mol. The number of hydrogen-bond donors (Lipinski definition) is 3. The van der Waals surface area contributed by atoms with Crippen LogP contribution in [0.2, 0.25) is 5.02 Å². The van der Waals surface area contributed by atoms with Crippen LogP contribution in [0.4, 0.5) is 22.7 Å². The zero-order chi connectivity index (χ0) is 37.4. The molecule has 11 nitrogen and oxygen atoms in total. The maximum Gasteiger partial charge on any atom is 0.253 e. The van der Waals surface area contributed by atoms with E-state index in [0.717, 1.165) is 107 Å². The number of amides is 2. The van der Waals surface area contributed by atoms with Gasteiger partial charge in [0.1, 0.15) is 12.3 Å². The van der Waals surface area contributed by atoms with Crippen molar-refractivity contribution in [3.63, 3.8) is 0 Å². The molecule has 2 unspecified atom stereocenters. The second-order valence-corrected chi connectivity index (χ2v) is 16.6. The van der Waals surface area contributed by atoms with Crippen molar-refractivity contribution < 1.29 is 14.7 Å². The highest BCUT2D eigenvalue weighted by atomic mass is 35.5. The molecule has 0 aromatic heterocycles. The lowest BCUT2D eigenvalue weighted by Crippen LogP contribution is -2.56. The van der Waals surface area contributed by atoms with Gasteiger partial charge >= 0.3 is 0 Å². The minimum absolute atomic E-state index is 0.109. The maximum atomic E-state index is 13.4. The molecule has 1 spiro atoms. The van der Waals surface area contributed by atoms with Crippen molar-refractivity contribution in [2.45, 2.75) is 57.3 Å². The summed E-state index contributed by atoms with van der Waals surface area (Å²) in [4.78, 5) is 36.8. The molecular formula is C42H51ClN8O3. The number of piperazine rings is 1. The Morgan fingerprint density at radius 1 is 0.963 bits per heavy atom. The first-order valence-electron chi connectivity index (χ1n) is 19.6. The summed E-state index contributed by atoms with van der Waals surface area (Å²) in [5.74, 6) is 0.515. The predicted octanol–water partition coefficient (Wildman–Crippen LogP) is 5.00. The molecule has 3 aromatic carbocycles. The molecular weight excluding hydrogens is 700 g/mol. The van der Waals surface area contributed by atoms with Crippen LogP contribution >= 0.6 is 11.6 Å². The first-order chi connectivity index (χ1) is 26.1. The SMILES string of the molecule is C[C@H]1CC2(CCN(c3ccc(C(=O)N4CC(CN5CCN(c6cccc(NC7CCC(=O)NC7O)c6)CC5)C4)cc3)CC2)CN1c1ccc(C#N)c(Cl)c1. The van der Waals surface area contributed by atoms with E-state index in [-0.39, 0.29) is 23.3 Å². The number of piperidine rings is 2. The molecule has 0 radical (unpaired) electrons. The highest BCUT2D eigenvalue weighted by Gasteiger charge is 2.44. The molecule has 3 N–H and O–H groups in total. The fourth-order valence-electron chi connectivity index (χ4n) is 9.38. The number of anilines is 4. The third-order valence-corrected chi connectivity index (χ3v) is 12.9. The van der Waals surface area contributed by atoms with Crippen molar-refractivity contribution in [1.82, 2.24) is 15.1 Å². The Labute approximate surface area is 323 Å². The molecule has 5 fully saturated rings. The molecule has 5 saturated heterocycles. The summed E-state index contributed by atoms with van der Waals surface area (Å²) in [6.07, 6.45) is 3.55. The van der Waals surface area contributed by atoms with Gasteiger partial charge in [-0.15, -0.1) is 0 Å². The van der Waals surface area contributed by atoms with Gasteiger partial charge in [-0.25, -0.2) is 0 Å². The number of benzene rings is 3. The number of rotatable bonds is 8. The normalized spacial score (nSPS) is 24.6. The second-order valence-electron chi connectivity index (χ2n) is 16.2. The minimum Gasteiger partial charge on any atom is -0.378 e. The van der Waals surface area contributed by atoms with Crippen LogP contribution in [0.5, 0.6) is 0 Å². The monoisotopic (exact) mass is 750 g/mol. The van der Waals surface area contributed by atoms with Crippen LogP contribution in [0.25, 0.3) is 0 Å². The number of aliphatic hydroxyl groups excluding tert-OH is 1. The molecule has 0 aliphatic carbocycles. The van der Waals surface area contributed by atoms with Crippen LogP contribution in [-0.2, 0) is 4.79 Å². The van der Waals surface area contributed by atoms with E-state index in [4.69, 9.17) is 11.6 Å². The van der Waals surface area contributed by atoms with Gasteiger partial charge in [-0.05, 0) is 98.7 Å². The van der Waals surface area contributed by atoms with Gasteiger partial charge in [-0.3, -0.25) is 14.5 Å². The Kier molecular flexibility index (Phi) is 10.4. The van der Waals surface area contributed by atoms with Crippen LogP contribution in [0.15, 0.2) is 66.7 Å². The lowest BCUT2D eigenvalue weighted by atomic mass is 9.76. The van der Waals surface area contributed by atoms with E-state index in [0.29, 0.717) is 35.4 Å². The summed E-state index contributed by atoms with van der Waals surface area (Å²) in [5, 5.41) is 26.0. The maximum absolute atomic E-state index is 13.4. The number of nitriles is 1. The van der Waals surface area contributed by atoms with Gasteiger partial charge < -0.3 is 35.3 Å². The largest absolute Gasteiger partial charge is 0.378 e. The van der Waals surface area contributed by atoms with Crippen molar-refractivity contribution in [1.29, 1.82) is 5.26 Å². The van der Waals surface area contributed by atoms with Crippen molar-refractivity contribution in [3.8, 4) is 6.07 Å². The molecule has 3 aromatic rings. The van der Waals surface area contributed by atoms with Gasteiger partial charge in [0, 0.05) is 112 Å². The zero-order valence-corrected chi connectivity index (χ0v) is 31.8. The third-order valence-electron chi connectivity index (χ3n) is 12.5. The average Bonchev–Trinajstić information content (AvgIpc) is 3.49. The summed E-state index contributed by atoms with van der Waals surface area (Å²) >= 11 is 6.37. The molecule has 0 bridgehead atoms. The molecule has 3 atom stereocenters. The fourth-order valence-corrected chi connectivity index (χ4v) is 9.60. The van der Waals surface area contributed by atoms with E-state index in [1.807, 2.05) is 47.4 Å². The van der Waals surface area contributed by atoms with Crippen LogP contribution in [0.3, 0.4) is 0 Å². The fraction of sp³-hybridized carbons (Fsp3) is 0.500. The van der Waals surface area contributed by atoms with Gasteiger partial charge in [0.05, 0.1) is 16.6 Å². The first kappa shape index (κ1) is 36.5. The Morgan fingerprint density at radius 2 is 1.69 bits per heavy atom. The van der Waals surface area contributed by atoms with Crippen LogP contribution < -0.4 is 25.3 Å². The zero-order valence-electron chi connectivity index (χ0n) is 31.1. The van der Waals surface area contributed by atoms with Crippen LogP contribution in [-0.4, -0.2) is 110 Å². The number of halogens is 1. The standard InChI is InChI=1S/C42H51ClN8O3/c1-29-23-42(28-51(29)36-10-7-32(24-44)37(43)22-36)13-15-48(16-14-42)34-8-5-31(6-9-34)41(54)50-26-30(27-50)25-47-17-19-49(20-18-47)35-4-2-3-33(21-35)45-38-11-12-39(52)46-40(38)53/h2-10,21-22,29-30,38,40,45,53H,11-20,23,25-28H2,1H3,(H,46,52)/t29-,38?,40?/m0/s1. The quantitative estimate of drug-likeness (QED) is 0.293. The number of nitrogens with one attached hydrogen (secondary N) is 2. The van der Waals surface area contributed by atoms with Gasteiger partial charge in [-0.2, -0.15) is 5.26 Å². The highest BCUT2D eigenvalue weighted by molar-refractivity contribution is 6.32. The van der Waals surface area contributed by atoms with Crippen LogP contribution in [0, 0.1) is 22.7 Å². The second kappa shape index (κ2) is 15.3. The summed E-state index contributed by atoms with van der Waals surface area (Å²) in [5.41, 5.74) is 5.95. The lowest BCUT2D eigenvalue weighted by molar-refractivity contribution is -0.126. The molecule has 5 aliphatic rings. The number of aliphatic hydroxyl groups is 1. The lowest BCUT2D eigenvalue weighted by Gasteiger charge is -2.44. The molecule has 54 heavy (non-hydrogen) atoms. The van der Waals surface area contributed by atoms with Crippen molar-refractivity contribution in [2.24, 2.45) is 11.3 Å². The van der Waals surface area contributed by atoms with Gasteiger partial charge in [0.25, 0.3) is 5.91 Å².